The van der Waals surface area contributed by atoms with Crippen LogP contribution in [-0.4, -0.2) is 17.0 Å². The predicted octanol–water partition coefficient (Wildman–Crippen LogP) is 3.49. The standard InChI is InChI=1S/C13H15N3O2S/c1-3-18-11-7-5-4-6-10(11)14-13(17)15-12-8-9(2)16-19-12/h4-8H,3H2,1-2H3,(H2,14,15,17). The number of anilines is 2. The number of rotatable bonds is 4. The number of hydrogen-bond acceptors (Lipinski definition) is 4. The normalized spacial score (nSPS) is 10.0. The Morgan fingerprint density at radius 3 is 2.84 bits per heavy atom. The van der Waals surface area contributed by atoms with E-state index in [9.17, 15) is 4.79 Å². The Kier molecular flexibility index (Phi) is 4.35. The lowest BCUT2D eigenvalue weighted by atomic mass is 10.3. The maximum Gasteiger partial charge on any atom is 0.324 e. The van der Waals surface area contributed by atoms with Crippen molar-refractivity contribution in [2.75, 3.05) is 17.2 Å². The maximum atomic E-state index is 11.8. The lowest BCUT2D eigenvalue weighted by Crippen LogP contribution is -2.19. The van der Waals surface area contributed by atoms with E-state index in [0.717, 1.165) is 5.69 Å². The number of urea groups is 1. The van der Waals surface area contributed by atoms with Gasteiger partial charge in [0.15, 0.2) is 0 Å². The second-order valence-corrected chi connectivity index (χ2v) is 4.65. The van der Waals surface area contributed by atoms with Gasteiger partial charge in [-0.15, -0.1) is 0 Å². The van der Waals surface area contributed by atoms with Gasteiger partial charge >= 0.3 is 6.03 Å². The fourth-order valence-electron chi connectivity index (χ4n) is 1.54. The summed E-state index contributed by atoms with van der Waals surface area (Å²) in [6.45, 7) is 4.33. The summed E-state index contributed by atoms with van der Waals surface area (Å²) >= 11 is 1.25. The zero-order valence-corrected chi connectivity index (χ0v) is 11.6. The number of nitrogens with one attached hydrogen (secondary N) is 2. The molecule has 2 N–H and O–H groups in total. The Hall–Kier alpha value is -2.08. The summed E-state index contributed by atoms with van der Waals surface area (Å²) in [6, 6.07) is 8.82. The molecule has 1 heterocycles. The third kappa shape index (κ3) is 3.69. The van der Waals surface area contributed by atoms with Crippen molar-refractivity contribution in [3.05, 3.63) is 36.0 Å². The molecular formula is C13H15N3O2S. The zero-order valence-electron chi connectivity index (χ0n) is 10.8. The number of nitrogens with zero attached hydrogens (tertiary/aromatic N) is 1. The molecule has 100 valence electrons. The molecule has 1 aromatic carbocycles. The highest BCUT2D eigenvalue weighted by Gasteiger charge is 2.08. The van der Waals surface area contributed by atoms with Crippen LogP contribution in [0.1, 0.15) is 12.6 Å². The molecule has 2 rings (SSSR count). The third-order valence-corrected chi connectivity index (χ3v) is 3.10. The number of ether oxygens (including phenoxy) is 1. The van der Waals surface area contributed by atoms with Crippen LogP contribution in [0.3, 0.4) is 0 Å². The van der Waals surface area contributed by atoms with Gasteiger partial charge in [0.25, 0.3) is 0 Å². The number of amides is 2. The van der Waals surface area contributed by atoms with Crippen molar-refractivity contribution in [1.82, 2.24) is 4.37 Å². The van der Waals surface area contributed by atoms with Gasteiger partial charge in [0, 0.05) is 0 Å². The van der Waals surface area contributed by atoms with Gasteiger partial charge in [0.05, 0.1) is 18.0 Å². The topological polar surface area (TPSA) is 63.2 Å². The minimum atomic E-state index is -0.309. The van der Waals surface area contributed by atoms with Crippen molar-refractivity contribution >= 4 is 28.3 Å². The van der Waals surface area contributed by atoms with E-state index in [1.54, 1.807) is 6.07 Å². The Morgan fingerprint density at radius 1 is 1.37 bits per heavy atom. The molecule has 19 heavy (non-hydrogen) atoms. The van der Waals surface area contributed by atoms with Crippen LogP contribution in [0, 0.1) is 6.92 Å². The molecule has 0 spiro atoms. The van der Waals surface area contributed by atoms with E-state index < -0.39 is 0 Å². The average Bonchev–Trinajstić information content (AvgIpc) is 2.77. The van der Waals surface area contributed by atoms with Crippen LogP contribution in [0.2, 0.25) is 0 Å². The van der Waals surface area contributed by atoms with E-state index in [4.69, 9.17) is 4.74 Å². The van der Waals surface area contributed by atoms with Crippen molar-refractivity contribution in [3.63, 3.8) is 0 Å². The highest BCUT2D eigenvalue weighted by atomic mass is 32.1. The maximum absolute atomic E-state index is 11.8. The van der Waals surface area contributed by atoms with Crippen molar-refractivity contribution < 1.29 is 9.53 Å². The molecule has 6 heteroatoms. The predicted molar refractivity (Wildman–Crippen MR) is 77.1 cm³/mol. The van der Waals surface area contributed by atoms with Gasteiger partial charge in [0.1, 0.15) is 10.8 Å². The summed E-state index contributed by atoms with van der Waals surface area (Å²) in [5.74, 6) is 0.653. The van der Waals surface area contributed by atoms with Gasteiger partial charge in [-0.3, -0.25) is 5.32 Å². The Balaban J connectivity index is 2.02. The molecule has 0 atom stereocenters. The van der Waals surface area contributed by atoms with Gasteiger partial charge in [-0.05, 0) is 43.6 Å². The summed E-state index contributed by atoms with van der Waals surface area (Å²) in [5, 5.41) is 6.20. The first-order valence-corrected chi connectivity index (χ1v) is 6.69. The Morgan fingerprint density at radius 2 is 2.16 bits per heavy atom. The highest BCUT2D eigenvalue weighted by Crippen LogP contribution is 2.24. The Bertz CT molecular complexity index is 569. The number of carbonyl (C=O) groups is 1. The largest absolute Gasteiger partial charge is 0.492 e. The van der Waals surface area contributed by atoms with Crippen LogP contribution >= 0.6 is 11.5 Å². The molecule has 0 radical (unpaired) electrons. The monoisotopic (exact) mass is 277 g/mol. The molecule has 0 bridgehead atoms. The summed E-state index contributed by atoms with van der Waals surface area (Å²) in [4.78, 5) is 11.8. The van der Waals surface area contributed by atoms with Crippen molar-refractivity contribution in [2.45, 2.75) is 13.8 Å². The SMILES string of the molecule is CCOc1ccccc1NC(=O)Nc1cc(C)ns1. The van der Waals surface area contributed by atoms with Crippen LogP contribution in [0.5, 0.6) is 5.75 Å². The fraction of sp³-hybridized carbons (Fsp3) is 0.231. The number of aryl methyl sites for hydroxylation is 1. The van der Waals surface area contributed by atoms with Crippen molar-refractivity contribution in [2.24, 2.45) is 0 Å². The van der Waals surface area contributed by atoms with E-state index in [1.165, 1.54) is 11.5 Å². The first-order chi connectivity index (χ1) is 9.19. The molecule has 0 fully saturated rings. The highest BCUT2D eigenvalue weighted by molar-refractivity contribution is 7.10. The molecule has 0 saturated carbocycles. The first kappa shape index (κ1) is 13.4. The van der Waals surface area contributed by atoms with Gasteiger partial charge in [0.2, 0.25) is 0 Å². The molecular weight excluding hydrogens is 262 g/mol. The first-order valence-electron chi connectivity index (χ1n) is 5.92. The fourth-order valence-corrected chi connectivity index (χ4v) is 2.20. The smallest absolute Gasteiger partial charge is 0.324 e. The van der Waals surface area contributed by atoms with Crippen LogP contribution in [0.25, 0.3) is 0 Å². The molecule has 1 aromatic heterocycles. The number of para-hydroxylation sites is 2. The average molecular weight is 277 g/mol. The molecule has 5 nitrogen and oxygen atoms in total. The number of aromatic nitrogens is 1. The minimum absolute atomic E-state index is 0.309. The second-order valence-electron chi connectivity index (χ2n) is 3.84. The lowest BCUT2D eigenvalue weighted by molar-refractivity contribution is 0.262. The molecule has 0 aliphatic carbocycles. The van der Waals surface area contributed by atoms with Gasteiger partial charge < -0.3 is 10.1 Å². The summed E-state index contributed by atoms with van der Waals surface area (Å²) < 4.78 is 9.54. The van der Waals surface area contributed by atoms with E-state index in [0.29, 0.717) is 23.0 Å². The molecule has 0 saturated heterocycles. The van der Waals surface area contributed by atoms with Gasteiger partial charge in [-0.1, -0.05) is 12.1 Å². The number of carbonyl (C=O) groups excluding carboxylic acids is 1. The van der Waals surface area contributed by atoms with Crippen LogP contribution in [0.15, 0.2) is 30.3 Å². The quantitative estimate of drug-likeness (QED) is 0.899. The van der Waals surface area contributed by atoms with E-state index in [2.05, 4.69) is 15.0 Å². The summed E-state index contributed by atoms with van der Waals surface area (Å²) in [6.07, 6.45) is 0. The van der Waals surface area contributed by atoms with E-state index >= 15 is 0 Å². The Labute approximate surface area is 115 Å². The lowest BCUT2D eigenvalue weighted by Gasteiger charge is -2.11. The van der Waals surface area contributed by atoms with Crippen LogP contribution in [-0.2, 0) is 0 Å². The summed E-state index contributed by atoms with van der Waals surface area (Å²) in [7, 11) is 0. The molecule has 0 unspecified atom stereocenters. The van der Waals surface area contributed by atoms with Crippen LogP contribution in [0.4, 0.5) is 15.5 Å². The number of hydrogen-bond donors (Lipinski definition) is 2. The molecule has 2 aromatic rings. The third-order valence-electron chi connectivity index (χ3n) is 2.30. The van der Waals surface area contributed by atoms with E-state index in [-0.39, 0.29) is 6.03 Å². The van der Waals surface area contributed by atoms with Crippen LogP contribution < -0.4 is 15.4 Å². The zero-order chi connectivity index (χ0) is 13.7. The molecule has 0 aliphatic rings. The van der Waals surface area contributed by atoms with Crippen molar-refractivity contribution in [1.29, 1.82) is 0 Å². The van der Waals surface area contributed by atoms with Gasteiger partial charge in [-0.2, -0.15) is 4.37 Å². The number of benzene rings is 1. The van der Waals surface area contributed by atoms with Crippen molar-refractivity contribution in [3.8, 4) is 5.75 Å². The minimum Gasteiger partial charge on any atom is -0.492 e. The summed E-state index contributed by atoms with van der Waals surface area (Å²) in [5.41, 5.74) is 1.53. The molecule has 2 amide bonds. The molecule has 0 aliphatic heterocycles. The van der Waals surface area contributed by atoms with Gasteiger partial charge in [-0.25, -0.2) is 4.79 Å². The van der Waals surface area contributed by atoms with E-state index in [1.807, 2.05) is 38.1 Å². The second kappa shape index (κ2) is 6.19.